The van der Waals surface area contributed by atoms with E-state index in [2.05, 4.69) is 50.8 Å². The van der Waals surface area contributed by atoms with E-state index in [1.54, 1.807) is 7.05 Å². The fourth-order valence-electron chi connectivity index (χ4n) is 4.13. The molecule has 0 amide bonds. The third-order valence-corrected chi connectivity index (χ3v) is 5.98. The van der Waals surface area contributed by atoms with E-state index in [4.69, 9.17) is 4.98 Å². The van der Waals surface area contributed by atoms with Crippen LogP contribution >= 0.6 is 0 Å². The van der Waals surface area contributed by atoms with Gasteiger partial charge in [0, 0.05) is 32.4 Å². The van der Waals surface area contributed by atoms with Crippen molar-refractivity contribution in [2.24, 2.45) is 13.0 Å². The summed E-state index contributed by atoms with van der Waals surface area (Å²) in [5, 5.41) is 0. The first-order valence-corrected chi connectivity index (χ1v) is 10.4. The van der Waals surface area contributed by atoms with Gasteiger partial charge in [0.1, 0.15) is 0 Å². The Kier molecular flexibility index (Phi) is 4.84. The van der Waals surface area contributed by atoms with E-state index >= 15 is 0 Å². The lowest BCUT2D eigenvalue weighted by Crippen LogP contribution is -2.40. The smallest absolute Gasteiger partial charge is 0.312 e. The van der Waals surface area contributed by atoms with Gasteiger partial charge in [-0.3, -0.25) is 13.9 Å². The van der Waals surface area contributed by atoms with Gasteiger partial charge in [0.05, 0.1) is 0 Å². The lowest BCUT2D eigenvalue weighted by molar-refractivity contribution is 0.457. The molecule has 0 bridgehead atoms. The zero-order valence-corrected chi connectivity index (χ0v) is 17.9. The second-order valence-corrected chi connectivity index (χ2v) is 8.33. The van der Waals surface area contributed by atoms with E-state index in [-0.39, 0.29) is 11.2 Å². The first-order chi connectivity index (χ1) is 13.8. The molecule has 154 valence electrons. The highest BCUT2D eigenvalue weighted by Crippen LogP contribution is 2.33. The Bertz CT molecular complexity index is 1200. The Labute approximate surface area is 170 Å². The van der Waals surface area contributed by atoms with Crippen LogP contribution in [0.3, 0.4) is 0 Å². The molecule has 1 aromatic carbocycles. The number of fused-ring (bicyclic) bond motifs is 3. The zero-order chi connectivity index (χ0) is 20.9. The number of aryl methyl sites for hydroxylation is 3. The van der Waals surface area contributed by atoms with Crippen LogP contribution < -0.4 is 16.1 Å². The summed E-state index contributed by atoms with van der Waals surface area (Å²) < 4.78 is 4.88. The van der Waals surface area contributed by atoms with Crippen LogP contribution in [0.2, 0.25) is 0 Å². The van der Waals surface area contributed by atoms with Crippen molar-refractivity contribution in [1.29, 1.82) is 0 Å². The minimum absolute atomic E-state index is 0.232. The zero-order valence-electron chi connectivity index (χ0n) is 17.9. The van der Waals surface area contributed by atoms with Gasteiger partial charge in [-0.25, -0.2) is 4.79 Å². The molecule has 0 spiro atoms. The van der Waals surface area contributed by atoms with E-state index in [0.29, 0.717) is 30.2 Å². The molecular weight excluding hydrogens is 366 g/mol. The number of rotatable bonds is 4. The van der Waals surface area contributed by atoms with Crippen LogP contribution in [0.1, 0.15) is 37.8 Å². The molecule has 0 saturated heterocycles. The molecule has 0 fully saturated rings. The summed E-state index contributed by atoms with van der Waals surface area (Å²) in [5.74, 6) is 1.09. The lowest BCUT2D eigenvalue weighted by Gasteiger charge is -2.33. The van der Waals surface area contributed by atoms with E-state index < -0.39 is 0 Å². The molecule has 0 unspecified atom stereocenters. The van der Waals surface area contributed by atoms with Crippen molar-refractivity contribution in [3.05, 3.63) is 50.2 Å². The van der Waals surface area contributed by atoms with Gasteiger partial charge in [-0.1, -0.05) is 26.3 Å². The average Bonchev–Trinajstić information content (AvgIpc) is 3.07. The molecule has 3 aromatic rings. The summed E-state index contributed by atoms with van der Waals surface area (Å²) in [6, 6.07) is 6.38. The summed E-state index contributed by atoms with van der Waals surface area (Å²) in [7, 11) is 1.70. The third kappa shape index (κ3) is 3.09. The summed E-state index contributed by atoms with van der Waals surface area (Å²) in [4.78, 5) is 33.0. The van der Waals surface area contributed by atoms with Crippen LogP contribution in [0.4, 0.5) is 11.6 Å². The first kappa shape index (κ1) is 19.5. The van der Waals surface area contributed by atoms with E-state index in [0.717, 1.165) is 31.0 Å². The van der Waals surface area contributed by atoms with Crippen LogP contribution in [-0.4, -0.2) is 25.2 Å². The van der Waals surface area contributed by atoms with Crippen LogP contribution in [-0.2, 0) is 20.1 Å². The van der Waals surface area contributed by atoms with Gasteiger partial charge in [0.2, 0.25) is 5.95 Å². The van der Waals surface area contributed by atoms with Gasteiger partial charge >= 0.3 is 5.69 Å². The number of benzene rings is 1. The fourth-order valence-corrected chi connectivity index (χ4v) is 4.13. The van der Waals surface area contributed by atoms with Gasteiger partial charge in [0.15, 0.2) is 11.2 Å². The van der Waals surface area contributed by atoms with E-state index in [1.165, 1.54) is 20.3 Å². The Balaban J connectivity index is 1.97. The third-order valence-electron chi connectivity index (χ3n) is 5.98. The molecular formula is C22H29N5O2. The van der Waals surface area contributed by atoms with Crippen molar-refractivity contribution in [3.63, 3.8) is 0 Å². The largest absolute Gasteiger partial charge is 0.332 e. The van der Waals surface area contributed by atoms with Gasteiger partial charge < -0.3 is 9.47 Å². The number of imidazole rings is 1. The maximum absolute atomic E-state index is 13.3. The second-order valence-electron chi connectivity index (χ2n) is 8.33. The predicted octanol–water partition coefficient (Wildman–Crippen LogP) is 3.10. The number of hydrogen-bond donors (Lipinski definition) is 0. The van der Waals surface area contributed by atoms with Crippen molar-refractivity contribution in [2.45, 2.75) is 53.6 Å². The lowest BCUT2D eigenvalue weighted by atomic mass is 10.1. The molecule has 1 atom stereocenters. The Hall–Kier alpha value is -2.83. The minimum Gasteiger partial charge on any atom is -0.312 e. The van der Waals surface area contributed by atoms with E-state index in [9.17, 15) is 9.59 Å². The van der Waals surface area contributed by atoms with Gasteiger partial charge in [-0.15, -0.1) is 0 Å². The molecule has 1 aliphatic rings. The molecule has 0 N–H and O–H groups in total. The topological polar surface area (TPSA) is 65.1 Å². The maximum atomic E-state index is 13.3. The number of hydrogen-bond acceptors (Lipinski definition) is 4. The molecule has 7 heteroatoms. The molecule has 29 heavy (non-hydrogen) atoms. The highest BCUT2D eigenvalue weighted by atomic mass is 16.2. The normalized spacial score (nSPS) is 16.4. The van der Waals surface area contributed by atoms with Crippen molar-refractivity contribution in [1.82, 2.24) is 18.7 Å². The summed E-state index contributed by atoms with van der Waals surface area (Å²) in [6.45, 7) is 10.4. The highest BCUT2D eigenvalue weighted by Gasteiger charge is 2.29. The van der Waals surface area contributed by atoms with Crippen molar-refractivity contribution in [3.8, 4) is 0 Å². The second kappa shape index (κ2) is 7.21. The Morgan fingerprint density at radius 3 is 2.59 bits per heavy atom. The number of nitrogens with zero attached hydrogens (tertiary/aromatic N) is 5. The molecule has 7 nitrogen and oxygen atoms in total. The average molecular weight is 396 g/mol. The summed E-state index contributed by atoms with van der Waals surface area (Å²) >= 11 is 0. The fraction of sp³-hybridized carbons (Fsp3) is 0.500. The van der Waals surface area contributed by atoms with Gasteiger partial charge in [-0.05, 0) is 49.4 Å². The number of unbranched alkanes of at least 4 members (excludes halogenated alkanes) is 1. The van der Waals surface area contributed by atoms with Gasteiger partial charge in [-0.2, -0.15) is 4.98 Å². The van der Waals surface area contributed by atoms with Crippen LogP contribution in [0.5, 0.6) is 0 Å². The quantitative estimate of drug-likeness (QED) is 0.681. The standard InChI is InChI=1S/C22H29N5O2/c1-6-7-10-25-20(28)18-19(24(5)22(25)29)23-21-26(12-14(2)13-27(18)21)17-9-8-15(3)16(4)11-17/h8-9,11,14H,6-7,10,12-13H2,1-5H3/t14-/m0/s1. The summed E-state index contributed by atoms with van der Waals surface area (Å²) in [6.07, 6.45) is 1.72. The molecule has 1 aliphatic heterocycles. The predicted molar refractivity (Wildman–Crippen MR) is 116 cm³/mol. The van der Waals surface area contributed by atoms with Crippen LogP contribution in [0.15, 0.2) is 27.8 Å². The molecule has 4 rings (SSSR count). The molecule has 2 aromatic heterocycles. The van der Waals surface area contributed by atoms with Crippen LogP contribution in [0.25, 0.3) is 11.2 Å². The monoisotopic (exact) mass is 395 g/mol. The summed E-state index contributed by atoms with van der Waals surface area (Å²) in [5.41, 5.74) is 3.99. The highest BCUT2D eigenvalue weighted by molar-refractivity contribution is 5.77. The van der Waals surface area contributed by atoms with E-state index in [1.807, 2.05) is 4.57 Å². The maximum Gasteiger partial charge on any atom is 0.332 e. The SMILES string of the molecule is CCCCn1c(=O)c2c(nc3n2C[C@@H](C)CN3c2ccc(C)c(C)c2)n(C)c1=O. The van der Waals surface area contributed by atoms with Crippen LogP contribution in [0, 0.1) is 19.8 Å². The number of anilines is 2. The molecule has 0 aliphatic carbocycles. The molecule has 3 heterocycles. The van der Waals surface area contributed by atoms with Gasteiger partial charge in [0.25, 0.3) is 5.56 Å². The molecule has 0 radical (unpaired) electrons. The first-order valence-electron chi connectivity index (χ1n) is 10.4. The van der Waals surface area contributed by atoms with Crippen molar-refractivity contribution >= 4 is 22.8 Å². The Morgan fingerprint density at radius 2 is 1.90 bits per heavy atom. The molecule has 0 saturated carbocycles. The van der Waals surface area contributed by atoms with Crippen molar-refractivity contribution in [2.75, 3.05) is 11.4 Å². The Morgan fingerprint density at radius 1 is 1.14 bits per heavy atom. The van der Waals surface area contributed by atoms with Crippen molar-refractivity contribution < 1.29 is 0 Å². The number of aromatic nitrogens is 4. The minimum atomic E-state index is -0.294.